The number of hydrogen-bond acceptors (Lipinski definition) is 0. The van der Waals surface area contributed by atoms with Crippen LogP contribution in [0.25, 0.3) is 0 Å². The topological polar surface area (TPSA) is 0 Å². The van der Waals surface area contributed by atoms with Gasteiger partial charge in [0.2, 0.25) is 0 Å². The number of allylic oxidation sites excluding steroid dienone is 9. The number of rotatable bonds is 3. The van der Waals surface area contributed by atoms with Gasteiger partial charge >= 0.3 is 26.2 Å². The molecule has 0 aromatic rings. The first-order valence-electron chi connectivity index (χ1n) is 5.02. The van der Waals surface area contributed by atoms with Crippen LogP contribution in [0.2, 0.25) is 0 Å². The van der Waals surface area contributed by atoms with E-state index in [-0.39, 0.29) is 51.0 Å². The normalized spacial score (nSPS) is 13.5. The quantitative estimate of drug-likeness (QED) is 0.408. The molecule has 0 radical (unpaired) electrons. The van der Waals surface area contributed by atoms with Crippen molar-refractivity contribution >= 4 is 0 Å². The van der Waals surface area contributed by atoms with Gasteiger partial charge in [-0.1, -0.05) is 12.5 Å². The Morgan fingerprint density at radius 2 is 2.06 bits per heavy atom. The summed E-state index contributed by atoms with van der Waals surface area (Å²) >= 11 is 0. The molecule has 0 spiro atoms. The minimum absolute atomic E-state index is 0. The van der Waals surface area contributed by atoms with Crippen LogP contribution in [0.3, 0.4) is 0 Å². The summed E-state index contributed by atoms with van der Waals surface area (Å²) in [6, 6.07) is 0. The van der Waals surface area contributed by atoms with Crippen molar-refractivity contribution in [3.63, 3.8) is 0 Å². The summed E-state index contributed by atoms with van der Waals surface area (Å²) in [5, 5.41) is 0. The summed E-state index contributed by atoms with van der Waals surface area (Å²) in [7, 11) is 0. The molecule has 0 N–H and O–H groups in total. The maximum Gasteiger partial charge on any atom is 4.00 e. The van der Waals surface area contributed by atoms with Gasteiger partial charge in [-0.05, 0) is 12.8 Å². The molecular weight excluding hydrogens is 330 g/mol. The fourth-order valence-corrected chi connectivity index (χ4v) is 1.23. The van der Waals surface area contributed by atoms with E-state index < -0.39 is 0 Å². The molecule has 0 fully saturated rings. The maximum absolute atomic E-state index is 3.66. The summed E-state index contributed by atoms with van der Waals surface area (Å²) in [6.07, 6.45) is 22.6. The summed E-state index contributed by atoms with van der Waals surface area (Å²) < 4.78 is 0. The molecule has 0 aromatic heterocycles. The smallest absolute Gasteiger partial charge is 1.00 e. The molecule has 2 rings (SSSR count). The van der Waals surface area contributed by atoms with Crippen molar-refractivity contribution in [3.05, 3.63) is 60.8 Å². The van der Waals surface area contributed by atoms with Crippen LogP contribution in [0.5, 0.6) is 0 Å². The molecule has 2 aliphatic carbocycles. The van der Waals surface area contributed by atoms with Crippen molar-refractivity contribution in [1.82, 2.24) is 0 Å². The third-order valence-corrected chi connectivity index (χ3v) is 2.01. The first-order valence-corrected chi connectivity index (χ1v) is 5.02. The van der Waals surface area contributed by atoms with Crippen LogP contribution in [-0.2, 0) is 26.2 Å². The summed E-state index contributed by atoms with van der Waals surface area (Å²) in [6.45, 7) is 3.66. The van der Waals surface area contributed by atoms with Crippen LogP contribution < -0.4 is 24.8 Å². The Balaban J connectivity index is -0.000000216. The molecule has 0 saturated carbocycles. The first-order chi connectivity index (χ1) is 6.93. The van der Waals surface area contributed by atoms with Gasteiger partial charge in [-0.15, -0.1) is 13.0 Å². The fraction of sp³-hybridized carbons (Fsp3) is 0.286. The van der Waals surface area contributed by atoms with Gasteiger partial charge in [0.15, 0.2) is 0 Å². The molecule has 0 nitrogen and oxygen atoms in total. The fourth-order valence-electron chi connectivity index (χ4n) is 1.23. The summed E-state index contributed by atoms with van der Waals surface area (Å²) in [5.41, 5.74) is 1.41. The van der Waals surface area contributed by atoms with Gasteiger partial charge < -0.3 is 24.8 Å². The minimum atomic E-state index is 0. The maximum atomic E-state index is 3.66. The van der Waals surface area contributed by atoms with Crippen molar-refractivity contribution < 1.29 is 51.0 Å². The number of hydrogen-bond donors (Lipinski definition) is 0. The summed E-state index contributed by atoms with van der Waals surface area (Å²) in [5.74, 6) is 0. The zero-order chi connectivity index (χ0) is 10.1. The van der Waals surface area contributed by atoms with E-state index in [2.05, 4.69) is 30.9 Å². The van der Waals surface area contributed by atoms with Gasteiger partial charge in [0, 0.05) is 0 Å². The molecule has 0 bridgehead atoms. The Bertz CT molecular complexity index is 279. The second-order valence-electron chi connectivity index (χ2n) is 3.18. The molecule has 90 valence electrons. The Kier molecular flexibility index (Phi) is 21.3. The van der Waals surface area contributed by atoms with Crippen molar-refractivity contribution in [2.45, 2.75) is 25.7 Å². The predicted octanol–water partition coefficient (Wildman–Crippen LogP) is -2.05. The second kappa shape index (κ2) is 16.2. The van der Waals surface area contributed by atoms with Crippen molar-refractivity contribution in [3.8, 4) is 0 Å². The van der Waals surface area contributed by atoms with Crippen LogP contribution in [0.15, 0.2) is 48.6 Å². The monoisotopic (exact) mass is 344 g/mol. The van der Waals surface area contributed by atoms with E-state index in [1.165, 1.54) is 5.57 Å². The van der Waals surface area contributed by atoms with Crippen LogP contribution in [0.1, 0.15) is 25.7 Å². The predicted molar refractivity (Wildman–Crippen MR) is 61.5 cm³/mol. The minimum Gasteiger partial charge on any atom is -1.00 e. The molecule has 0 unspecified atom stereocenters. The third-order valence-electron chi connectivity index (χ3n) is 2.01. The van der Waals surface area contributed by atoms with E-state index >= 15 is 0 Å². The van der Waals surface area contributed by atoms with Crippen molar-refractivity contribution in [1.29, 1.82) is 0 Å². The Morgan fingerprint density at radius 1 is 1.29 bits per heavy atom. The molecular formula is C14H16Cl2Zr. The van der Waals surface area contributed by atoms with Crippen molar-refractivity contribution in [2.75, 3.05) is 0 Å². The van der Waals surface area contributed by atoms with Gasteiger partial charge in [-0.25, -0.2) is 24.3 Å². The molecule has 0 aliphatic heterocycles. The average Bonchev–Trinajstić information content (AvgIpc) is 2.90. The van der Waals surface area contributed by atoms with E-state index in [1.54, 1.807) is 0 Å². The van der Waals surface area contributed by atoms with Gasteiger partial charge in [0.05, 0.1) is 0 Å². The molecule has 0 saturated heterocycles. The Labute approximate surface area is 137 Å². The average molecular weight is 346 g/mol. The van der Waals surface area contributed by atoms with Crippen LogP contribution in [0, 0.1) is 12.2 Å². The molecule has 3 heteroatoms. The standard InChI is InChI=1S/C9H11.C5H5.2ClH.Zr/c1-2-3-6-9-7-4-5-8-9;1-2-4-5-3-1;;;/h2,4-5H,1,3,6-7H2;1-3H,4H2;2*1H;/q2*-1;;;+4/p-2. The zero-order valence-electron chi connectivity index (χ0n) is 9.76. The SMILES string of the molecule is C=CCCC1=[C-]C=CC1.[C-]1=CC=CC1.[Cl-].[Cl-].[Zr+4]. The molecule has 0 heterocycles. The van der Waals surface area contributed by atoms with Gasteiger partial charge in [-0.2, -0.15) is 11.6 Å². The Morgan fingerprint density at radius 3 is 2.41 bits per heavy atom. The van der Waals surface area contributed by atoms with E-state index in [0.29, 0.717) is 0 Å². The van der Waals surface area contributed by atoms with E-state index in [9.17, 15) is 0 Å². The van der Waals surface area contributed by atoms with Gasteiger partial charge in [-0.3, -0.25) is 12.2 Å². The molecule has 2 aliphatic rings. The Hall–Kier alpha value is 0.163. The molecule has 0 aromatic carbocycles. The van der Waals surface area contributed by atoms with E-state index in [4.69, 9.17) is 0 Å². The number of halogens is 2. The zero-order valence-corrected chi connectivity index (χ0v) is 13.7. The van der Waals surface area contributed by atoms with Gasteiger partial charge in [0.1, 0.15) is 0 Å². The van der Waals surface area contributed by atoms with Crippen LogP contribution in [-0.4, -0.2) is 0 Å². The van der Waals surface area contributed by atoms with E-state index in [0.717, 1.165) is 25.7 Å². The second-order valence-corrected chi connectivity index (χ2v) is 3.18. The van der Waals surface area contributed by atoms with Crippen molar-refractivity contribution in [2.24, 2.45) is 0 Å². The van der Waals surface area contributed by atoms with Gasteiger partial charge in [0.25, 0.3) is 0 Å². The van der Waals surface area contributed by atoms with Crippen LogP contribution >= 0.6 is 0 Å². The summed E-state index contributed by atoms with van der Waals surface area (Å²) in [4.78, 5) is 0. The third kappa shape index (κ3) is 12.4. The molecule has 17 heavy (non-hydrogen) atoms. The molecule has 0 atom stereocenters. The van der Waals surface area contributed by atoms with Crippen LogP contribution in [0.4, 0.5) is 0 Å². The first kappa shape index (κ1) is 22.4. The van der Waals surface area contributed by atoms with E-state index in [1.807, 2.05) is 24.3 Å². The largest absolute Gasteiger partial charge is 4.00 e. The molecule has 0 amide bonds.